The van der Waals surface area contributed by atoms with E-state index < -0.39 is 6.10 Å². The van der Waals surface area contributed by atoms with Crippen molar-refractivity contribution in [2.75, 3.05) is 13.1 Å². The van der Waals surface area contributed by atoms with E-state index in [2.05, 4.69) is 0 Å². The highest BCUT2D eigenvalue weighted by Crippen LogP contribution is 2.22. The Morgan fingerprint density at radius 2 is 2.13 bits per heavy atom. The lowest BCUT2D eigenvalue weighted by Gasteiger charge is -2.36. The molecule has 0 unspecified atom stereocenters. The minimum absolute atomic E-state index is 0.0485. The molecule has 1 saturated heterocycles. The molecule has 3 rings (SSSR count). The monoisotopic (exact) mass is 351 g/mol. The molecule has 1 aromatic carbocycles. The summed E-state index contributed by atoms with van der Waals surface area (Å²) in [6, 6.07) is 9.02. The van der Waals surface area contributed by atoms with Gasteiger partial charge in [0.25, 0.3) is 0 Å². The van der Waals surface area contributed by atoms with Gasteiger partial charge in [-0.2, -0.15) is 11.3 Å². The zero-order valence-corrected chi connectivity index (χ0v) is 14.1. The van der Waals surface area contributed by atoms with Gasteiger partial charge in [-0.05, 0) is 46.7 Å². The van der Waals surface area contributed by atoms with Gasteiger partial charge < -0.3 is 14.7 Å². The Bertz CT molecular complexity index is 644. The largest absolute Gasteiger partial charge is 0.488 e. The molecule has 2 atom stereocenters. The fourth-order valence-electron chi connectivity index (χ4n) is 2.64. The summed E-state index contributed by atoms with van der Waals surface area (Å²) in [6.07, 6.45) is 0.00480. The summed E-state index contributed by atoms with van der Waals surface area (Å²) in [5.74, 6) is 0.726. The second-order valence-corrected chi connectivity index (χ2v) is 6.83. The van der Waals surface area contributed by atoms with E-state index in [9.17, 15) is 9.90 Å². The number of likely N-dealkylation sites (tertiary alicyclic amines) is 1. The Morgan fingerprint density at radius 1 is 1.35 bits per heavy atom. The number of amides is 1. The van der Waals surface area contributed by atoms with Crippen molar-refractivity contribution < 1.29 is 14.6 Å². The summed E-state index contributed by atoms with van der Waals surface area (Å²) >= 11 is 7.43. The Hall–Kier alpha value is -1.56. The minimum atomic E-state index is -0.689. The Kier molecular flexibility index (Phi) is 5.20. The first-order valence-electron chi connectivity index (χ1n) is 7.51. The summed E-state index contributed by atoms with van der Waals surface area (Å²) in [7, 11) is 0. The standard InChI is InChI=1S/C17H18ClNO3S/c18-13-1-3-14(4-2-13)22-16-5-7-19(10-15(16)20)17(21)9-12-6-8-23-11-12/h1-4,6,8,11,15-16,20H,5,7,9-10H2/t15-,16-/m1/s1. The van der Waals surface area contributed by atoms with Crippen LogP contribution in [0.4, 0.5) is 0 Å². The van der Waals surface area contributed by atoms with Gasteiger partial charge in [-0.15, -0.1) is 0 Å². The van der Waals surface area contributed by atoms with Crippen LogP contribution in [0.2, 0.25) is 5.02 Å². The number of ether oxygens (including phenoxy) is 1. The lowest BCUT2D eigenvalue weighted by Crippen LogP contribution is -2.51. The fraction of sp³-hybridized carbons (Fsp3) is 0.353. The summed E-state index contributed by atoms with van der Waals surface area (Å²) < 4.78 is 5.81. The number of nitrogens with zero attached hydrogens (tertiary/aromatic N) is 1. The zero-order chi connectivity index (χ0) is 16.2. The van der Waals surface area contributed by atoms with E-state index in [-0.39, 0.29) is 12.0 Å². The van der Waals surface area contributed by atoms with E-state index in [1.165, 1.54) is 0 Å². The predicted molar refractivity (Wildman–Crippen MR) is 91.1 cm³/mol. The molecule has 6 heteroatoms. The van der Waals surface area contributed by atoms with Crippen LogP contribution in [0.3, 0.4) is 0 Å². The van der Waals surface area contributed by atoms with Crippen LogP contribution in [0.15, 0.2) is 41.1 Å². The molecule has 0 aliphatic carbocycles. The molecular weight excluding hydrogens is 334 g/mol. The highest BCUT2D eigenvalue weighted by atomic mass is 35.5. The molecule has 4 nitrogen and oxygen atoms in total. The second-order valence-electron chi connectivity index (χ2n) is 5.61. The first-order valence-corrected chi connectivity index (χ1v) is 8.83. The smallest absolute Gasteiger partial charge is 0.227 e. The number of hydrogen-bond acceptors (Lipinski definition) is 4. The number of thiophene rings is 1. The van der Waals surface area contributed by atoms with Crippen LogP contribution in [0.5, 0.6) is 5.75 Å². The SMILES string of the molecule is O=C(Cc1ccsc1)N1CC[C@@H](Oc2ccc(Cl)cc2)[C@H](O)C1. The molecule has 0 saturated carbocycles. The molecule has 1 aliphatic heterocycles. The Balaban J connectivity index is 1.54. The van der Waals surface area contributed by atoms with E-state index in [0.717, 1.165) is 5.56 Å². The van der Waals surface area contributed by atoms with Gasteiger partial charge in [0.05, 0.1) is 13.0 Å². The first-order chi connectivity index (χ1) is 11.1. The third kappa shape index (κ3) is 4.25. The van der Waals surface area contributed by atoms with E-state index in [4.69, 9.17) is 16.3 Å². The number of aliphatic hydroxyl groups excluding tert-OH is 1. The Morgan fingerprint density at radius 3 is 2.78 bits per heavy atom. The molecule has 1 fully saturated rings. The number of aliphatic hydroxyl groups is 1. The van der Waals surface area contributed by atoms with Crippen molar-refractivity contribution >= 4 is 28.8 Å². The topological polar surface area (TPSA) is 49.8 Å². The van der Waals surface area contributed by atoms with E-state index in [1.54, 1.807) is 40.5 Å². The van der Waals surface area contributed by atoms with Crippen LogP contribution in [0.25, 0.3) is 0 Å². The van der Waals surface area contributed by atoms with Crippen molar-refractivity contribution in [2.24, 2.45) is 0 Å². The van der Waals surface area contributed by atoms with Gasteiger partial charge in [-0.25, -0.2) is 0 Å². The molecular formula is C17H18ClNO3S. The third-order valence-electron chi connectivity index (χ3n) is 3.91. The molecule has 0 radical (unpaired) electrons. The van der Waals surface area contributed by atoms with Crippen molar-refractivity contribution in [2.45, 2.75) is 25.0 Å². The van der Waals surface area contributed by atoms with Crippen molar-refractivity contribution in [3.05, 3.63) is 51.7 Å². The quantitative estimate of drug-likeness (QED) is 0.921. The fourth-order valence-corrected chi connectivity index (χ4v) is 3.44. The summed E-state index contributed by atoms with van der Waals surface area (Å²) in [4.78, 5) is 14.0. The summed E-state index contributed by atoms with van der Waals surface area (Å²) in [5.41, 5.74) is 1.02. The average molecular weight is 352 g/mol. The summed E-state index contributed by atoms with van der Waals surface area (Å²) in [6.45, 7) is 0.902. The highest BCUT2D eigenvalue weighted by Gasteiger charge is 2.31. The maximum absolute atomic E-state index is 12.3. The lowest BCUT2D eigenvalue weighted by atomic mass is 10.0. The predicted octanol–water partition coefficient (Wildman–Crippen LogP) is 2.98. The van der Waals surface area contributed by atoms with Crippen LogP contribution < -0.4 is 4.74 Å². The molecule has 0 bridgehead atoms. The average Bonchev–Trinajstić information content (AvgIpc) is 3.04. The number of β-amino-alcohol motifs (C(OH)–C–C–N with tert-alkyl or cyclic N) is 1. The molecule has 1 aromatic heterocycles. The van der Waals surface area contributed by atoms with Gasteiger partial charge in [-0.1, -0.05) is 11.6 Å². The van der Waals surface area contributed by atoms with Gasteiger partial charge in [-0.3, -0.25) is 4.79 Å². The Labute approximate surface area is 144 Å². The second kappa shape index (κ2) is 7.34. The maximum Gasteiger partial charge on any atom is 0.227 e. The lowest BCUT2D eigenvalue weighted by molar-refractivity contribution is -0.136. The van der Waals surface area contributed by atoms with Gasteiger partial charge >= 0.3 is 0 Å². The van der Waals surface area contributed by atoms with E-state index in [0.29, 0.717) is 36.7 Å². The van der Waals surface area contributed by atoms with Crippen molar-refractivity contribution in [3.8, 4) is 5.75 Å². The molecule has 1 N–H and O–H groups in total. The van der Waals surface area contributed by atoms with Crippen molar-refractivity contribution in [1.29, 1.82) is 0 Å². The van der Waals surface area contributed by atoms with Crippen LogP contribution in [0.1, 0.15) is 12.0 Å². The van der Waals surface area contributed by atoms with Gasteiger partial charge in [0.2, 0.25) is 5.91 Å². The van der Waals surface area contributed by atoms with Gasteiger partial charge in [0.1, 0.15) is 18.0 Å². The molecule has 1 amide bonds. The highest BCUT2D eigenvalue weighted by molar-refractivity contribution is 7.08. The zero-order valence-electron chi connectivity index (χ0n) is 12.5. The van der Waals surface area contributed by atoms with Crippen molar-refractivity contribution in [1.82, 2.24) is 4.90 Å². The normalized spacial score (nSPS) is 21.2. The van der Waals surface area contributed by atoms with Gasteiger partial charge in [0.15, 0.2) is 0 Å². The van der Waals surface area contributed by atoms with E-state index >= 15 is 0 Å². The first kappa shape index (κ1) is 16.3. The summed E-state index contributed by atoms with van der Waals surface area (Å²) in [5, 5.41) is 14.9. The minimum Gasteiger partial charge on any atom is -0.488 e. The van der Waals surface area contributed by atoms with Gasteiger partial charge in [0, 0.05) is 18.0 Å². The van der Waals surface area contributed by atoms with Crippen LogP contribution in [-0.4, -0.2) is 41.2 Å². The van der Waals surface area contributed by atoms with E-state index in [1.807, 2.05) is 16.8 Å². The van der Waals surface area contributed by atoms with Crippen molar-refractivity contribution in [3.63, 3.8) is 0 Å². The number of piperidine rings is 1. The molecule has 1 aliphatic rings. The number of hydrogen-bond donors (Lipinski definition) is 1. The number of carbonyl (C=O) groups is 1. The van der Waals surface area contributed by atoms with Crippen LogP contribution in [0, 0.1) is 0 Å². The number of carbonyl (C=O) groups excluding carboxylic acids is 1. The van der Waals surface area contributed by atoms with Crippen LogP contribution in [-0.2, 0) is 11.2 Å². The number of benzene rings is 1. The maximum atomic E-state index is 12.3. The number of rotatable bonds is 4. The molecule has 2 heterocycles. The molecule has 0 spiro atoms. The molecule has 122 valence electrons. The number of halogens is 1. The molecule has 2 aromatic rings. The van der Waals surface area contributed by atoms with Crippen LogP contribution >= 0.6 is 22.9 Å². The third-order valence-corrected chi connectivity index (χ3v) is 4.89. The molecule has 23 heavy (non-hydrogen) atoms.